The van der Waals surface area contributed by atoms with Crippen molar-refractivity contribution in [2.45, 2.75) is 0 Å². The summed E-state index contributed by atoms with van der Waals surface area (Å²) in [5.74, 6) is 0. The molecule has 44 heavy (non-hydrogen) atoms. The normalized spacial score (nSPS) is 11.2. The quantitative estimate of drug-likeness (QED) is 0.196. The van der Waals surface area contributed by atoms with Gasteiger partial charge >= 0.3 is 0 Å². The molecule has 0 aliphatic rings. The second-order valence-corrected chi connectivity index (χ2v) is 11.1. The van der Waals surface area contributed by atoms with E-state index in [0.29, 0.717) is 0 Å². The molecule has 0 bridgehead atoms. The summed E-state index contributed by atoms with van der Waals surface area (Å²) in [5.41, 5.74) is 11.9. The van der Waals surface area contributed by atoms with E-state index in [4.69, 9.17) is 0 Å². The number of aromatic nitrogens is 2. The number of pyridine rings is 2. The minimum atomic E-state index is 1.11. The van der Waals surface area contributed by atoms with Gasteiger partial charge < -0.3 is 0 Å². The van der Waals surface area contributed by atoms with Crippen LogP contribution in [0.25, 0.3) is 77.2 Å². The Morgan fingerprint density at radius 1 is 0.273 bits per heavy atom. The van der Waals surface area contributed by atoms with Gasteiger partial charge in [-0.2, -0.15) is 0 Å². The van der Waals surface area contributed by atoms with Crippen LogP contribution in [0.2, 0.25) is 0 Å². The van der Waals surface area contributed by atoms with Crippen LogP contribution in [0.5, 0.6) is 0 Å². The van der Waals surface area contributed by atoms with Crippen molar-refractivity contribution in [1.82, 2.24) is 9.97 Å². The first-order valence-electron chi connectivity index (χ1n) is 14.9. The van der Waals surface area contributed by atoms with Gasteiger partial charge in [-0.1, -0.05) is 109 Å². The van der Waals surface area contributed by atoms with E-state index in [9.17, 15) is 0 Å². The third-order valence-corrected chi connectivity index (χ3v) is 8.44. The van der Waals surface area contributed by atoms with Gasteiger partial charge in [0, 0.05) is 30.4 Å². The van der Waals surface area contributed by atoms with E-state index in [1.807, 2.05) is 30.9 Å². The first-order valence-corrected chi connectivity index (χ1v) is 14.9. The number of hydrogen-bond donors (Lipinski definition) is 0. The van der Waals surface area contributed by atoms with Crippen LogP contribution in [-0.4, -0.2) is 9.97 Å². The summed E-state index contributed by atoms with van der Waals surface area (Å²) in [4.78, 5) is 8.60. The molecule has 2 heteroatoms. The SMILES string of the molecule is c1ccc(-c2ccc3c(-c4cccc(-c5cccnc5)c4)c4ccccc4c(-c4cccc(-c5ccncc5)c4)c3c2)cc1. The maximum atomic E-state index is 4.37. The average Bonchev–Trinajstić information content (AvgIpc) is 3.11. The third kappa shape index (κ3) is 4.63. The van der Waals surface area contributed by atoms with Gasteiger partial charge in [0.05, 0.1) is 0 Å². The molecule has 2 heterocycles. The molecule has 0 unspecified atom stereocenters. The van der Waals surface area contributed by atoms with Crippen LogP contribution >= 0.6 is 0 Å². The molecule has 0 saturated heterocycles. The molecule has 6 aromatic carbocycles. The summed E-state index contributed by atoms with van der Waals surface area (Å²) in [6.45, 7) is 0. The molecule has 0 amide bonds. The molecule has 0 aliphatic carbocycles. The second-order valence-electron chi connectivity index (χ2n) is 11.1. The van der Waals surface area contributed by atoms with Gasteiger partial charge in [-0.3, -0.25) is 9.97 Å². The van der Waals surface area contributed by atoms with Crippen molar-refractivity contribution in [3.63, 3.8) is 0 Å². The van der Waals surface area contributed by atoms with Gasteiger partial charge in [0.2, 0.25) is 0 Å². The molecule has 0 radical (unpaired) electrons. The third-order valence-electron chi connectivity index (χ3n) is 8.44. The van der Waals surface area contributed by atoms with E-state index >= 15 is 0 Å². The van der Waals surface area contributed by atoms with E-state index < -0.39 is 0 Å². The Balaban J connectivity index is 1.45. The molecular weight excluding hydrogens is 532 g/mol. The summed E-state index contributed by atoms with van der Waals surface area (Å²) in [5, 5.41) is 4.94. The van der Waals surface area contributed by atoms with Crippen molar-refractivity contribution < 1.29 is 0 Å². The van der Waals surface area contributed by atoms with Crippen molar-refractivity contribution in [3.05, 3.63) is 170 Å². The Kier molecular flexibility index (Phi) is 6.51. The van der Waals surface area contributed by atoms with Crippen molar-refractivity contribution in [2.24, 2.45) is 0 Å². The predicted octanol–water partition coefficient (Wildman–Crippen LogP) is 11.1. The topological polar surface area (TPSA) is 25.8 Å². The summed E-state index contributed by atoms with van der Waals surface area (Å²) >= 11 is 0. The Bertz CT molecular complexity index is 2260. The maximum absolute atomic E-state index is 4.37. The minimum absolute atomic E-state index is 1.11. The Morgan fingerprint density at radius 2 is 0.795 bits per heavy atom. The van der Waals surface area contributed by atoms with Gasteiger partial charge in [-0.15, -0.1) is 0 Å². The second kappa shape index (κ2) is 11.1. The fraction of sp³-hybridized carbons (Fsp3) is 0. The number of nitrogens with zero attached hydrogens (tertiary/aromatic N) is 2. The molecule has 8 aromatic rings. The lowest BCUT2D eigenvalue weighted by Crippen LogP contribution is -1.92. The molecule has 0 aliphatic heterocycles. The first-order chi connectivity index (χ1) is 21.8. The number of benzene rings is 6. The van der Waals surface area contributed by atoms with E-state index in [1.165, 1.54) is 60.5 Å². The fourth-order valence-electron chi connectivity index (χ4n) is 6.40. The molecular formula is C42H28N2. The number of fused-ring (bicyclic) bond motifs is 2. The Labute approximate surface area is 257 Å². The summed E-state index contributed by atoms with van der Waals surface area (Å²) < 4.78 is 0. The number of rotatable bonds is 5. The molecule has 8 rings (SSSR count). The lowest BCUT2D eigenvalue weighted by molar-refractivity contribution is 1.33. The van der Waals surface area contributed by atoms with Gasteiger partial charge in [0.25, 0.3) is 0 Å². The molecule has 0 saturated carbocycles. The highest BCUT2D eigenvalue weighted by Crippen LogP contribution is 2.45. The maximum Gasteiger partial charge on any atom is 0.0346 e. The molecule has 0 atom stereocenters. The van der Waals surface area contributed by atoms with Gasteiger partial charge in [0.15, 0.2) is 0 Å². The molecule has 0 N–H and O–H groups in total. The van der Waals surface area contributed by atoms with Gasteiger partial charge in [-0.05, 0) is 108 Å². The zero-order chi connectivity index (χ0) is 29.3. The molecule has 2 nitrogen and oxygen atoms in total. The highest BCUT2D eigenvalue weighted by Gasteiger charge is 2.18. The van der Waals surface area contributed by atoms with Crippen LogP contribution in [0, 0.1) is 0 Å². The van der Waals surface area contributed by atoms with Crippen molar-refractivity contribution in [2.75, 3.05) is 0 Å². The zero-order valence-corrected chi connectivity index (χ0v) is 24.1. The van der Waals surface area contributed by atoms with Crippen molar-refractivity contribution >= 4 is 21.5 Å². The Morgan fingerprint density at radius 3 is 1.48 bits per heavy atom. The average molecular weight is 561 g/mol. The lowest BCUT2D eigenvalue weighted by atomic mass is 9.84. The van der Waals surface area contributed by atoms with Crippen molar-refractivity contribution in [3.8, 4) is 55.6 Å². The summed E-state index contributed by atoms with van der Waals surface area (Å²) in [6.07, 6.45) is 7.46. The van der Waals surface area contributed by atoms with Crippen LogP contribution in [-0.2, 0) is 0 Å². The molecule has 0 fully saturated rings. The lowest BCUT2D eigenvalue weighted by Gasteiger charge is -2.19. The monoisotopic (exact) mass is 560 g/mol. The molecule has 0 spiro atoms. The van der Waals surface area contributed by atoms with Crippen molar-refractivity contribution in [1.29, 1.82) is 0 Å². The van der Waals surface area contributed by atoms with E-state index in [-0.39, 0.29) is 0 Å². The van der Waals surface area contributed by atoms with Crippen LogP contribution in [0.4, 0.5) is 0 Å². The minimum Gasteiger partial charge on any atom is -0.265 e. The standard InChI is InChI=1S/C42H28N2/c1-2-9-29(10-3-1)33-18-19-39-40(27-33)42(35-14-6-11-31(25-35)30-20-23-43-24-21-30)38-17-5-4-16-37(38)41(39)34-13-7-12-32(26-34)36-15-8-22-44-28-36/h1-28H. The van der Waals surface area contributed by atoms with Crippen LogP contribution in [0.1, 0.15) is 0 Å². The summed E-state index contributed by atoms with van der Waals surface area (Å²) in [7, 11) is 0. The fourth-order valence-corrected chi connectivity index (χ4v) is 6.40. The first kappa shape index (κ1) is 25.8. The van der Waals surface area contributed by atoms with E-state index in [1.54, 1.807) is 0 Å². The number of hydrogen-bond acceptors (Lipinski definition) is 2. The largest absolute Gasteiger partial charge is 0.265 e. The molecule has 206 valence electrons. The van der Waals surface area contributed by atoms with Crippen LogP contribution < -0.4 is 0 Å². The predicted molar refractivity (Wildman–Crippen MR) is 184 cm³/mol. The highest BCUT2D eigenvalue weighted by atomic mass is 14.6. The molecule has 2 aromatic heterocycles. The zero-order valence-electron chi connectivity index (χ0n) is 24.1. The smallest absolute Gasteiger partial charge is 0.0346 e. The van der Waals surface area contributed by atoms with Gasteiger partial charge in [0.1, 0.15) is 0 Å². The summed E-state index contributed by atoms with van der Waals surface area (Å²) in [6, 6.07) is 52.4. The van der Waals surface area contributed by atoms with E-state index in [2.05, 4.69) is 149 Å². The van der Waals surface area contributed by atoms with E-state index in [0.717, 1.165) is 16.7 Å². The van der Waals surface area contributed by atoms with Crippen LogP contribution in [0.3, 0.4) is 0 Å². The van der Waals surface area contributed by atoms with Crippen LogP contribution in [0.15, 0.2) is 170 Å². The highest BCUT2D eigenvalue weighted by molar-refractivity contribution is 6.22. The Hall–Kier alpha value is -5.86. The van der Waals surface area contributed by atoms with Gasteiger partial charge in [-0.25, -0.2) is 0 Å².